The number of rotatable bonds is 5. The van der Waals surface area contributed by atoms with Gasteiger partial charge >= 0.3 is 0 Å². The number of methoxy groups -OCH3 is 1. The van der Waals surface area contributed by atoms with Crippen molar-refractivity contribution in [3.05, 3.63) is 35.5 Å². The predicted octanol–water partition coefficient (Wildman–Crippen LogP) is 5.02. The Bertz CT molecular complexity index is 672. The SMILES string of the molecule is COc1ccc(Cl)cc1Nc1nccc(NC2CCCCCC2)n1. The van der Waals surface area contributed by atoms with E-state index in [1.807, 2.05) is 12.1 Å². The average molecular weight is 347 g/mol. The van der Waals surface area contributed by atoms with E-state index in [0.29, 0.717) is 22.8 Å². The van der Waals surface area contributed by atoms with Crippen LogP contribution in [0.25, 0.3) is 0 Å². The van der Waals surface area contributed by atoms with Gasteiger partial charge in [0.1, 0.15) is 11.6 Å². The molecular weight excluding hydrogens is 324 g/mol. The molecule has 0 aliphatic heterocycles. The Kier molecular flexibility index (Phi) is 5.75. The summed E-state index contributed by atoms with van der Waals surface area (Å²) in [6.07, 6.45) is 9.41. The molecule has 1 saturated carbocycles. The van der Waals surface area contributed by atoms with E-state index in [1.165, 1.54) is 38.5 Å². The molecule has 2 N–H and O–H groups in total. The summed E-state index contributed by atoms with van der Waals surface area (Å²) in [6.45, 7) is 0. The van der Waals surface area contributed by atoms with Gasteiger partial charge in [0.05, 0.1) is 12.8 Å². The molecule has 2 aromatic rings. The predicted molar refractivity (Wildman–Crippen MR) is 98.4 cm³/mol. The minimum absolute atomic E-state index is 0.496. The maximum Gasteiger partial charge on any atom is 0.229 e. The number of anilines is 3. The number of hydrogen-bond donors (Lipinski definition) is 2. The molecule has 24 heavy (non-hydrogen) atoms. The number of nitrogens with zero attached hydrogens (tertiary/aromatic N) is 2. The lowest BCUT2D eigenvalue weighted by Gasteiger charge is -2.17. The molecule has 0 saturated heterocycles. The Labute approximate surface area is 147 Å². The van der Waals surface area contributed by atoms with Crippen molar-refractivity contribution in [2.45, 2.75) is 44.6 Å². The van der Waals surface area contributed by atoms with Gasteiger partial charge in [-0.1, -0.05) is 37.3 Å². The molecule has 3 rings (SSSR count). The quantitative estimate of drug-likeness (QED) is 0.744. The van der Waals surface area contributed by atoms with Gasteiger partial charge in [0.25, 0.3) is 0 Å². The van der Waals surface area contributed by atoms with Crippen LogP contribution in [0.15, 0.2) is 30.5 Å². The van der Waals surface area contributed by atoms with Gasteiger partial charge in [-0.2, -0.15) is 4.98 Å². The number of nitrogens with one attached hydrogen (secondary N) is 2. The van der Waals surface area contributed by atoms with Crippen LogP contribution in [0.3, 0.4) is 0 Å². The molecule has 0 spiro atoms. The lowest BCUT2D eigenvalue weighted by atomic mass is 10.1. The Morgan fingerprint density at radius 3 is 2.67 bits per heavy atom. The fourth-order valence-corrected chi connectivity index (χ4v) is 3.20. The van der Waals surface area contributed by atoms with Gasteiger partial charge in [-0.3, -0.25) is 0 Å². The van der Waals surface area contributed by atoms with Gasteiger partial charge in [0, 0.05) is 17.3 Å². The minimum atomic E-state index is 0.496. The monoisotopic (exact) mass is 346 g/mol. The molecule has 1 aliphatic carbocycles. The molecular formula is C18H23ClN4O. The van der Waals surface area contributed by atoms with Crippen LogP contribution in [0, 0.1) is 0 Å². The summed E-state index contributed by atoms with van der Waals surface area (Å²) in [7, 11) is 1.62. The normalized spacial score (nSPS) is 15.6. The Morgan fingerprint density at radius 2 is 1.92 bits per heavy atom. The van der Waals surface area contributed by atoms with Gasteiger partial charge in [-0.15, -0.1) is 0 Å². The average Bonchev–Trinajstić information content (AvgIpc) is 2.84. The van der Waals surface area contributed by atoms with Crippen LogP contribution in [0.4, 0.5) is 17.5 Å². The van der Waals surface area contributed by atoms with Crippen LogP contribution in [-0.4, -0.2) is 23.1 Å². The zero-order chi connectivity index (χ0) is 16.8. The maximum absolute atomic E-state index is 6.07. The molecule has 0 amide bonds. The second-order valence-corrected chi connectivity index (χ2v) is 6.50. The molecule has 1 heterocycles. The van der Waals surface area contributed by atoms with Crippen molar-refractivity contribution in [2.75, 3.05) is 17.7 Å². The third-order valence-corrected chi connectivity index (χ3v) is 4.51. The van der Waals surface area contributed by atoms with Crippen molar-refractivity contribution in [2.24, 2.45) is 0 Å². The van der Waals surface area contributed by atoms with E-state index >= 15 is 0 Å². The molecule has 6 heteroatoms. The van der Waals surface area contributed by atoms with Crippen molar-refractivity contribution in [3.8, 4) is 5.75 Å². The summed E-state index contributed by atoms with van der Waals surface area (Å²) in [6, 6.07) is 7.81. The fraction of sp³-hybridized carbons (Fsp3) is 0.444. The number of benzene rings is 1. The number of halogens is 1. The van der Waals surface area contributed by atoms with E-state index in [-0.39, 0.29) is 0 Å². The molecule has 0 atom stereocenters. The topological polar surface area (TPSA) is 59.1 Å². The number of hydrogen-bond acceptors (Lipinski definition) is 5. The molecule has 1 aliphatic rings. The van der Waals surface area contributed by atoms with Crippen molar-refractivity contribution in [3.63, 3.8) is 0 Å². The lowest BCUT2D eigenvalue weighted by molar-refractivity contribution is 0.417. The number of ether oxygens (including phenoxy) is 1. The number of aromatic nitrogens is 2. The van der Waals surface area contributed by atoms with Crippen LogP contribution in [0.5, 0.6) is 5.75 Å². The van der Waals surface area contributed by atoms with E-state index in [0.717, 1.165) is 11.5 Å². The lowest BCUT2D eigenvalue weighted by Crippen LogP contribution is -2.19. The van der Waals surface area contributed by atoms with Crippen molar-refractivity contribution >= 4 is 29.1 Å². The maximum atomic E-state index is 6.07. The molecule has 1 aromatic carbocycles. The Balaban J connectivity index is 1.72. The van der Waals surface area contributed by atoms with Crippen LogP contribution < -0.4 is 15.4 Å². The molecule has 0 radical (unpaired) electrons. The summed E-state index contributed by atoms with van der Waals surface area (Å²) in [5.74, 6) is 2.07. The van der Waals surface area contributed by atoms with E-state index in [1.54, 1.807) is 25.4 Å². The molecule has 0 bridgehead atoms. The first-order valence-corrected chi connectivity index (χ1v) is 8.82. The zero-order valence-corrected chi connectivity index (χ0v) is 14.6. The summed E-state index contributed by atoms with van der Waals surface area (Å²) < 4.78 is 5.35. The second-order valence-electron chi connectivity index (χ2n) is 6.07. The van der Waals surface area contributed by atoms with E-state index in [2.05, 4.69) is 20.6 Å². The largest absolute Gasteiger partial charge is 0.495 e. The van der Waals surface area contributed by atoms with Crippen molar-refractivity contribution in [1.82, 2.24) is 9.97 Å². The zero-order valence-electron chi connectivity index (χ0n) is 13.9. The highest BCUT2D eigenvalue weighted by molar-refractivity contribution is 6.30. The molecule has 0 unspecified atom stereocenters. The van der Waals surface area contributed by atoms with Crippen LogP contribution in [-0.2, 0) is 0 Å². The van der Waals surface area contributed by atoms with Gasteiger partial charge in [-0.25, -0.2) is 4.98 Å². The molecule has 128 valence electrons. The summed E-state index contributed by atoms with van der Waals surface area (Å²) >= 11 is 6.07. The van der Waals surface area contributed by atoms with E-state index < -0.39 is 0 Å². The van der Waals surface area contributed by atoms with Gasteiger partial charge < -0.3 is 15.4 Å². The summed E-state index contributed by atoms with van der Waals surface area (Å²) in [5.41, 5.74) is 0.747. The first-order chi connectivity index (χ1) is 11.7. The van der Waals surface area contributed by atoms with E-state index in [4.69, 9.17) is 16.3 Å². The second kappa shape index (κ2) is 8.20. The summed E-state index contributed by atoms with van der Waals surface area (Å²) in [5, 5.41) is 7.35. The highest BCUT2D eigenvalue weighted by Gasteiger charge is 2.13. The molecule has 1 aromatic heterocycles. The smallest absolute Gasteiger partial charge is 0.229 e. The van der Waals surface area contributed by atoms with Crippen LogP contribution >= 0.6 is 11.6 Å². The molecule has 1 fully saturated rings. The molecule has 5 nitrogen and oxygen atoms in total. The fourth-order valence-electron chi connectivity index (χ4n) is 3.03. The third kappa shape index (κ3) is 4.51. The Hall–Kier alpha value is -2.01. The van der Waals surface area contributed by atoms with Gasteiger partial charge in [-0.05, 0) is 37.1 Å². The third-order valence-electron chi connectivity index (χ3n) is 4.27. The van der Waals surface area contributed by atoms with Gasteiger partial charge in [0.2, 0.25) is 5.95 Å². The first kappa shape index (κ1) is 16.8. The van der Waals surface area contributed by atoms with E-state index in [9.17, 15) is 0 Å². The van der Waals surface area contributed by atoms with Crippen molar-refractivity contribution in [1.29, 1.82) is 0 Å². The van der Waals surface area contributed by atoms with Crippen molar-refractivity contribution < 1.29 is 4.74 Å². The minimum Gasteiger partial charge on any atom is -0.495 e. The standard InChI is InChI=1S/C18H23ClN4O/c1-24-16-9-8-13(19)12-15(16)22-18-20-11-10-17(23-18)21-14-6-4-2-3-5-7-14/h8-12,14H,2-7H2,1H3,(H2,20,21,22,23). The van der Waals surface area contributed by atoms with Gasteiger partial charge in [0.15, 0.2) is 0 Å². The van der Waals surface area contributed by atoms with Crippen LogP contribution in [0.1, 0.15) is 38.5 Å². The highest BCUT2D eigenvalue weighted by atomic mass is 35.5. The summed E-state index contributed by atoms with van der Waals surface area (Å²) in [4.78, 5) is 8.86. The first-order valence-electron chi connectivity index (χ1n) is 8.45. The Morgan fingerprint density at radius 1 is 1.12 bits per heavy atom. The van der Waals surface area contributed by atoms with Crippen LogP contribution in [0.2, 0.25) is 5.02 Å². The highest BCUT2D eigenvalue weighted by Crippen LogP contribution is 2.29.